The van der Waals surface area contributed by atoms with Crippen LogP contribution in [0.15, 0.2) is 22.3 Å². The van der Waals surface area contributed by atoms with E-state index in [2.05, 4.69) is 16.7 Å². The van der Waals surface area contributed by atoms with Gasteiger partial charge in [-0.3, -0.25) is 0 Å². The van der Waals surface area contributed by atoms with E-state index in [0.717, 1.165) is 0 Å². The summed E-state index contributed by atoms with van der Waals surface area (Å²) >= 11 is 0. The number of hydrogen-bond acceptors (Lipinski definition) is 1. The van der Waals surface area contributed by atoms with E-state index in [0.29, 0.717) is 5.84 Å². The lowest BCUT2D eigenvalue weighted by atomic mass is 10.6. The van der Waals surface area contributed by atoms with Crippen molar-refractivity contribution in [3.8, 4) is 0 Å². The Bertz CT molecular complexity index is 122. The maximum absolute atomic E-state index is 3.87. The zero-order valence-electron chi connectivity index (χ0n) is 5.26. The second-order valence-electron chi connectivity index (χ2n) is 1.32. The number of hydrogen-bond donors (Lipinski definition) is 0. The van der Waals surface area contributed by atoms with Crippen molar-refractivity contribution in [3.05, 3.63) is 12.3 Å². The van der Waals surface area contributed by atoms with Crippen LogP contribution in [0.3, 0.4) is 0 Å². The highest BCUT2D eigenvalue weighted by Gasteiger charge is 1.72. The molecule has 0 fully saturated rings. The first-order valence-electron chi connectivity index (χ1n) is 2.43. The highest BCUT2D eigenvalue weighted by Crippen LogP contribution is 1.78. The smallest absolute Gasteiger partial charge is 0.124 e. The van der Waals surface area contributed by atoms with Crippen molar-refractivity contribution in [2.75, 3.05) is 0 Å². The van der Waals surface area contributed by atoms with Gasteiger partial charge in [0.25, 0.3) is 0 Å². The van der Waals surface area contributed by atoms with Gasteiger partial charge in [-0.1, -0.05) is 6.08 Å². The highest BCUT2D eigenvalue weighted by atomic mass is 14.9. The lowest BCUT2D eigenvalue weighted by Crippen LogP contribution is -1.78. The first kappa shape index (κ1) is 7.08. The summed E-state index contributed by atoms with van der Waals surface area (Å²) in [5.74, 6) is 0.697. The molecule has 0 aromatic carbocycles. The molecule has 0 bridgehead atoms. The van der Waals surface area contributed by atoms with Crippen LogP contribution in [-0.2, 0) is 0 Å². The summed E-state index contributed by atoms with van der Waals surface area (Å²) in [6, 6.07) is 0. The molecule has 0 spiro atoms. The Morgan fingerprint density at radius 3 is 2.62 bits per heavy atom. The van der Waals surface area contributed by atoms with E-state index in [1.54, 1.807) is 13.1 Å². The van der Waals surface area contributed by atoms with Crippen molar-refractivity contribution >= 4 is 12.6 Å². The molecular formula is C6H10N2. The number of nitrogens with zero attached hydrogens (tertiary/aromatic N) is 2. The van der Waals surface area contributed by atoms with E-state index in [4.69, 9.17) is 0 Å². The Hall–Kier alpha value is -0.920. The van der Waals surface area contributed by atoms with E-state index >= 15 is 0 Å². The molecule has 0 aliphatic rings. The third-order valence-electron chi connectivity index (χ3n) is 0.639. The fourth-order valence-electron chi connectivity index (χ4n) is 0.223. The molecule has 0 aromatic heterocycles. The van der Waals surface area contributed by atoms with Crippen LogP contribution in [0, 0.1) is 0 Å². The fourth-order valence-corrected chi connectivity index (χ4v) is 0.223. The zero-order valence-corrected chi connectivity index (χ0v) is 5.26. The summed E-state index contributed by atoms with van der Waals surface area (Å²) in [5.41, 5.74) is 0. The predicted molar refractivity (Wildman–Crippen MR) is 37.5 cm³/mol. The van der Waals surface area contributed by atoms with Crippen LogP contribution in [0.1, 0.15) is 13.8 Å². The average Bonchev–Trinajstić information content (AvgIpc) is 1.83. The van der Waals surface area contributed by atoms with Crippen molar-refractivity contribution in [1.29, 1.82) is 0 Å². The molecule has 0 rings (SSSR count). The second kappa shape index (κ2) is 4.24. The van der Waals surface area contributed by atoms with Gasteiger partial charge in [-0.05, 0) is 20.6 Å². The Balaban J connectivity index is 3.74. The first-order chi connectivity index (χ1) is 3.81. The topological polar surface area (TPSA) is 24.7 Å². The Kier molecular flexibility index (Phi) is 3.76. The normalized spacial score (nSPS) is 12.5. The van der Waals surface area contributed by atoms with E-state index < -0.39 is 0 Å². The van der Waals surface area contributed by atoms with E-state index in [1.165, 1.54) is 0 Å². The Morgan fingerprint density at radius 2 is 2.25 bits per heavy atom. The van der Waals surface area contributed by atoms with Crippen LogP contribution in [0.2, 0.25) is 0 Å². The molecule has 0 aliphatic heterocycles. The SMILES string of the molecule is C=N/C(C)=N\C=C/C. The standard InChI is InChI=1S/C6H10N2/c1-4-5-8-6(2)7-3/h4-5H,3H2,1-2H3/b5-4-,8-6-. The van der Waals surface area contributed by atoms with E-state index in [1.807, 2.05) is 13.0 Å². The van der Waals surface area contributed by atoms with Gasteiger partial charge in [0, 0.05) is 6.20 Å². The molecule has 2 nitrogen and oxygen atoms in total. The monoisotopic (exact) mass is 110 g/mol. The van der Waals surface area contributed by atoms with Gasteiger partial charge >= 0.3 is 0 Å². The summed E-state index contributed by atoms with van der Waals surface area (Å²) in [6.45, 7) is 7.00. The Morgan fingerprint density at radius 1 is 1.62 bits per heavy atom. The van der Waals surface area contributed by atoms with Crippen molar-refractivity contribution in [1.82, 2.24) is 0 Å². The summed E-state index contributed by atoms with van der Waals surface area (Å²) in [6.07, 6.45) is 3.53. The molecule has 8 heavy (non-hydrogen) atoms. The average molecular weight is 110 g/mol. The quantitative estimate of drug-likeness (QED) is 0.362. The third-order valence-corrected chi connectivity index (χ3v) is 0.639. The van der Waals surface area contributed by atoms with Crippen molar-refractivity contribution in [2.24, 2.45) is 9.98 Å². The minimum Gasteiger partial charge on any atom is -0.250 e. The maximum Gasteiger partial charge on any atom is 0.124 e. The lowest BCUT2D eigenvalue weighted by molar-refractivity contribution is 1.45. The Labute approximate surface area is 49.7 Å². The number of rotatable bonds is 1. The third kappa shape index (κ3) is 3.28. The van der Waals surface area contributed by atoms with Crippen LogP contribution in [0.25, 0.3) is 0 Å². The summed E-state index contributed by atoms with van der Waals surface area (Å²) in [4.78, 5) is 7.44. The molecule has 0 atom stereocenters. The zero-order chi connectivity index (χ0) is 6.41. The van der Waals surface area contributed by atoms with Crippen LogP contribution in [0.5, 0.6) is 0 Å². The van der Waals surface area contributed by atoms with Crippen LogP contribution >= 0.6 is 0 Å². The number of aliphatic imine (C=N–C) groups is 2. The minimum atomic E-state index is 0.697. The molecule has 0 radical (unpaired) electrons. The van der Waals surface area contributed by atoms with Gasteiger partial charge < -0.3 is 0 Å². The molecule has 2 heteroatoms. The van der Waals surface area contributed by atoms with Crippen molar-refractivity contribution in [2.45, 2.75) is 13.8 Å². The van der Waals surface area contributed by atoms with Gasteiger partial charge in [-0.15, -0.1) is 0 Å². The molecule has 0 aromatic rings. The van der Waals surface area contributed by atoms with E-state index in [-0.39, 0.29) is 0 Å². The molecular weight excluding hydrogens is 100 g/mol. The number of allylic oxidation sites excluding steroid dienone is 1. The van der Waals surface area contributed by atoms with Gasteiger partial charge in [0.05, 0.1) is 0 Å². The van der Waals surface area contributed by atoms with Gasteiger partial charge in [0.1, 0.15) is 5.84 Å². The first-order valence-corrected chi connectivity index (χ1v) is 2.43. The molecule has 44 valence electrons. The summed E-state index contributed by atoms with van der Waals surface area (Å²) < 4.78 is 0. The largest absolute Gasteiger partial charge is 0.250 e. The van der Waals surface area contributed by atoms with Crippen molar-refractivity contribution < 1.29 is 0 Å². The van der Waals surface area contributed by atoms with Crippen molar-refractivity contribution in [3.63, 3.8) is 0 Å². The lowest BCUT2D eigenvalue weighted by Gasteiger charge is -1.80. The van der Waals surface area contributed by atoms with Gasteiger partial charge in [0.15, 0.2) is 0 Å². The maximum atomic E-state index is 3.87. The predicted octanol–water partition coefficient (Wildman–Crippen LogP) is 1.64. The number of amidine groups is 1. The second-order valence-corrected chi connectivity index (χ2v) is 1.32. The summed E-state index contributed by atoms with van der Waals surface area (Å²) in [7, 11) is 0. The van der Waals surface area contributed by atoms with Crippen LogP contribution in [-0.4, -0.2) is 12.6 Å². The molecule has 0 saturated heterocycles. The molecule has 0 saturated carbocycles. The van der Waals surface area contributed by atoms with Crippen LogP contribution in [0.4, 0.5) is 0 Å². The molecule has 0 heterocycles. The van der Waals surface area contributed by atoms with Gasteiger partial charge in [-0.2, -0.15) is 0 Å². The van der Waals surface area contributed by atoms with Gasteiger partial charge in [-0.25, -0.2) is 9.98 Å². The molecule has 0 aliphatic carbocycles. The minimum absolute atomic E-state index is 0.697. The van der Waals surface area contributed by atoms with Gasteiger partial charge in [0.2, 0.25) is 0 Å². The molecule has 0 amide bonds. The molecule has 0 N–H and O–H groups in total. The van der Waals surface area contributed by atoms with Crippen LogP contribution < -0.4 is 0 Å². The molecule has 0 unspecified atom stereocenters. The summed E-state index contributed by atoms with van der Waals surface area (Å²) in [5, 5.41) is 0. The van der Waals surface area contributed by atoms with E-state index in [9.17, 15) is 0 Å². The fraction of sp³-hybridized carbons (Fsp3) is 0.333. The highest BCUT2D eigenvalue weighted by molar-refractivity contribution is 5.84.